The summed E-state index contributed by atoms with van der Waals surface area (Å²) in [5.41, 5.74) is 0.926. The van der Waals surface area contributed by atoms with E-state index in [0.29, 0.717) is 17.5 Å². The summed E-state index contributed by atoms with van der Waals surface area (Å²) >= 11 is 3.10. The first-order valence-electron chi connectivity index (χ1n) is 7.43. The van der Waals surface area contributed by atoms with Gasteiger partial charge in [0.25, 0.3) is 0 Å². The van der Waals surface area contributed by atoms with Crippen molar-refractivity contribution in [2.45, 2.75) is 29.9 Å². The normalized spacial score (nSPS) is 10.8. The number of unbranched alkanes of at least 4 members (excludes halogenated alkanes) is 1. The fourth-order valence-electron chi connectivity index (χ4n) is 1.84. The zero-order chi connectivity index (χ0) is 15.9. The van der Waals surface area contributed by atoms with Crippen LogP contribution in [-0.4, -0.2) is 26.9 Å². The molecule has 8 heteroatoms. The van der Waals surface area contributed by atoms with Crippen molar-refractivity contribution in [1.29, 1.82) is 0 Å². The third kappa shape index (κ3) is 4.52. The van der Waals surface area contributed by atoms with E-state index in [1.54, 1.807) is 23.1 Å². The fourth-order valence-corrected chi connectivity index (χ4v) is 3.46. The highest BCUT2D eigenvalue weighted by molar-refractivity contribution is 8.00. The highest BCUT2D eigenvalue weighted by Crippen LogP contribution is 2.28. The Morgan fingerprint density at radius 2 is 2.00 bits per heavy atom. The van der Waals surface area contributed by atoms with Crippen molar-refractivity contribution in [2.24, 2.45) is 0 Å². The van der Waals surface area contributed by atoms with E-state index < -0.39 is 0 Å². The van der Waals surface area contributed by atoms with Gasteiger partial charge in [0.05, 0.1) is 5.75 Å². The molecule has 1 N–H and O–H groups in total. The molecule has 3 aromatic rings. The lowest BCUT2D eigenvalue weighted by atomic mass is 10.2. The highest BCUT2D eigenvalue weighted by Gasteiger charge is 2.10. The molecule has 0 fully saturated rings. The molecular formula is C15H17N5OS2. The molecular weight excluding hydrogens is 330 g/mol. The minimum absolute atomic E-state index is 0.542. The van der Waals surface area contributed by atoms with Crippen LogP contribution in [0.15, 0.2) is 39.1 Å². The predicted octanol–water partition coefficient (Wildman–Crippen LogP) is 4.09. The zero-order valence-corrected chi connectivity index (χ0v) is 14.4. The molecule has 1 aromatic carbocycles. The van der Waals surface area contributed by atoms with Crippen LogP contribution < -0.4 is 5.32 Å². The van der Waals surface area contributed by atoms with Crippen molar-refractivity contribution in [3.63, 3.8) is 0 Å². The van der Waals surface area contributed by atoms with Crippen LogP contribution in [0.1, 0.15) is 25.7 Å². The van der Waals surface area contributed by atoms with Crippen molar-refractivity contribution in [3.05, 3.63) is 36.2 Å². The predicted molar refractivity (Wildman–Crippen MR) is 92.6 cm³/mol. The van der Waals surface area contributed by atoms with Crippen LogP contribution in [0.25, 0.3) is 11.5 Å². The van der Waals surface area contributed by atoms with Crippen LogP contribution in [0, 0.1) is 0 Å². The smallest absolute Gasteiger partial charge is 0.247 e. The Balaban J connectivity index is 1.54. The third-order valence-corrected chi connectivity index (χ3v) is 5.02. The number of hydrogen-bond acceptors (Lipinski definition) is 8. The molecule has 0 unspecified atom stereocenters. The molecule has 2 aromatic heterocycles. The number of hydrogen-bond donors (Lipinski definition) is 1. The first kappa shape index (κ1) is 15.9. The van der Waals surface area contributed by atoms with Crippen molar-refractivity contribution >= 4 is 28.2 Å². The van der Waals surface area contributed by atoms with Gasteiger partial charge in [-0.05, 0) is 18.6 Å². The Morgan fingerprint density at radius 3 is 2.83 bits per heavy atom. The summed E-state index contributed by atoms with van der Waals surface area (Å²) in [6.07, 6.45) is 2.29. The standard InChI is InChI=1S/C15H17N5OS2/c1-2-3-9-16-14-19-20-15(23-14)22-10-12-17-18-13(21-12)11-7-5-4-6-8-11/h4-8H,2-3,9-10H2,1H3,(H,16,19). The van der Waals surface area contributed by atoms with E-state index >= 15 is 0 Å². The van der Waals surface area contributed by atoms with Crippen molar-refractivity contribution < 1.29 is 4.42 Å². The number of anilines is 1. The van der Waals surface area contributed by atoms with Gasteiger partial charge in [-0.3, -0.25) is 0 Å². The van der Waals surface area contributed by atoms with Crippen LogP contribution in [0.5, 0.6) is 0 Å². The Labute approximate surface area is 142 Å². The van der Waals surface area contributed by atoms with E-state index in [9.17, 15) is 0 Å². The number of aromatic nitrogens is 4. The summed E-state index contributed by atoms with van der Waals surface area (Å²) in [7, 11) is 0. The van der Waals surface area contributed by atoms with E-state index in [0.717, 1.165) is 34.4 Å². The average molecular weight is 347 g/mol. The Hall–Kier alpha value is -1.93. The van der Waals surface area contributed by atoms with E-state index in [1.165, 1.54) is 0 Å². The minimum atomic E-state index is 0.542. The Kier molecular flexibility index (Phi) is 5.60. The van der Waals surface area contributed by atoms with Gasteiger partial charge in [0, 0.05) is 12.1 Å². The third-order valence-electron chi connectivity index (χ3n) is 3.02. The largest absolute Gasteiger partial charge is 0.420 e. The molecule has 23 heavy (non-hydrogen) atoms. The first-order chi connectivity index (χ1) is 11.3. The summed E-state index contributed by atoms with van der Waals surface area (Å²) in [6, 6.07) is 9.75. The summed E-state index contributed by atoms with van der Waals surface area (Å²) < 4.78 is 6.57. The molecule has 120 valence electrons. The Bertz CT molecular complexity index is 728. The molecule has 0 radical (unpaired) electrons. The number of nitrogens with zero attached hydrogens (tertiary/aromatic N) is 4. The SMILES string of the molecule is CCCCNc1nnc(SCc2nnc(-c3ccccc3)o2)s1. The van der Waals surface area contributed by atoms with Gasteiger partial charge in [0.1, 0.15) is 0 Å². The number of rotatable bonds is 8. The topological polar surface area (TPSA) is 76.7 Å². The maximum Gasteiger partial charge on any atom is 0.247 e. The lowest BCUT2D eigenvalue weighted by Gasteiger charge is -1.97. The van der Waals surface area contributed by atoms with E-state index in [-0.39, 0.29) is 0 Å². The quantitative estimate of drug-likeness (QED) is 0.486. The fraction of sp³-hybridized carbons (Fsp3) is 0.333. The Morgan fingerprint density at radius 1 is 1.13 bits per heavy atom. The van der Waals surface area contributed by atoms with Crippen LogP contribution in [0.4, 0.5) is 5.13 Å². The summed E-state index contributed by atoms with van der Waals surface area (Å²) in [4.78, 5) is 0. The summed E-state index contributed by atoms with van der Waals surface area (Å²) in [5.74, 6) is 1.72. The van der Waals surface area contributed by atoms with Gasteiger partial charge in [-0.15, -0.1) is 20.4 Å². The molecule has 0 spiro atoms. The zero-order valence-electron chi connectivity index (χ0n) is 12.7. The molecule has 0 atom stereocenters. The lowest BCUT2D eigenvalue weighted by molar-refractivity contribution is 0.528. The van der Waals surface area contributed by atoms with Crippen molar-refractivity contribution in [1.82, 2.24) is 20.4 Å². The van der Waals surface area contributed by atoms with Crippen molar-refractivity contribution in [3.8, 4) is 11.5 Å². The molecule has 0 aliphatic carbocycles. The first-order valence-corrected chi connectivity index (χ1v) is 9.23. The maximum absolute atomic E-state index is 5.68. The number of nitrogens with one attached hydrogen (secondary N) is 1. The van der Waals surface area contributed by atoms with Crippen LogP contribution in [-0.2, 0) is 5.75 Å². The lowest BCUT2D eigenvalue weighted by Crippen LogP contribution is -1.99. The van der Waals surface area contributed by atoms with Gasteiger partial charge in [0.15, 0.2) is 4.34 Å². The number of benzene rings is 1. The second-order valence-corrected chi connectivity index (χ2v) is 7.01. The van der Waals surface area contributed by atoms with Crippen molar-refractivity contribution in [2.75, 3.05) is 11.9 Å². The monoisotopic (exact) mass is 347 g/mol. The molecule has 2 heterocycles. The van der Waals surface area contributed by atoms with Gasteiger partial charge in [-0.1, -0.05) is 54.6 Å². The molecule has 0 aliphatic heterocycles. The number of thioether (sulfide) groups is 1. The molecule has 0 saturated heterocycles. The second-order valence-electron chi connectivity index (χ2n) is 4.81. The van der Waals surface area contributed by atoms with Gasteiger partial charge in [0.2, 0.25) is 16.9 Å². The van der Waals surface area contributed by atoms with E-state index in [4.69, 9.17) is 4.42 Å². The summed E-state index contributed by atoms with van der Waals surface area (Å²) in [6.45, 7) is 3.09. The minimum Gasteiger partial charge on any atom is -0.420 e. The molecule has 0 saturated carbocycles. The van der Waals surface area contributed by atoms with Gasteiger partial charge >= 0.3 is 0 Å². The van der Waals surface area contributed by atoms with E-state index in [1.807, 2.05) is 30.3 Å². The van der Waals surface area contributed by atoms with Crippen LogP contribution in [0.2, 0.25) is 0 Å². The van der Waals surface area contributed by atoms with Gasteiger partial charge < -0.3 is 9.73 Å². The summed E-state index contributed by atoms with van der Waals surface area (Å²) in [5, 5.41) is 20.6. The van der Waals surface area contributed by atoms with Gasteiger partial charge in [-0.2, -0.15) is 0 Å². The van der Waals surface area contributed by atoms with E-state index in [2.05, 4.69) is 32.6 Å². The maximum atomic E-state index is 5.68. The molecule has 0 aliphatic rings. The second kappa shape index (κ2) is 8.07. The average Bonchev–Trinajstić information content (AvgIpc) is 3.23. The molecule has 0 amide bonds. The molecule has 0 bridgehead atoms. The molecule has 3 rings (SSSR count). The van der Waals surface area contributed by atoms with Gasteiger partial charge in [-0.25, -0.2) is 0 Å². The highest BCUT2D eigenvalue weighted by atomic mass is 32.2. The van der Waals surface area contributed by atoms with Crippen LogP contribution in [0.3, 0.4) is 0 Å². The molecule has 6 nitrogen and oxygen atoms in total. The van der Waals surface area contributed by atoms with Crippen LogP contribution >= 0.6 is 23.1 Å².